The summed E-state index contributed by atoms with van der Waals surface area (Å²) in [4.78, 5) is 2.32. The van der Waals surface area contributed by atoms with Gasteiger partial charge in [0, 0.05) is 0 Å². The van der Waals surface area contributed by atoms with Crippen LogP contribution in [-0.2, 0) is 22.4 Å². The molecule has 1 aromatic heterocycles. The summed E-state index contributed by atoms with van der Waals surface area (Å²) in [6.45, 7) is 1.11. The normalized spacial score (nSPS) is 14.5. The van der Waals surface area contributed by atoms with Crippen molar-refractivity contribution in [3.63, 3.8) is 0 Å². The highest BCUT2D eigenvalue weighted by atomic mass is 35.5. The van der Waals surface area contributed by atoms with Crippen LogP contribution in [0, 0.1) is 0 Å². The number of hydrogen-bond donors (Lipinski definition) is 1. The average molecular weight is 424 g/mol. The second kappa shape index (κ2) is 6.70. The van der Waals surface area contributed by atoms with E-state index in [1.807, 2.05) is 4.72 Å². The molecule has 6 nitrogen and oxygen atoms in total. The second-order valence-corrected chi connectivity index (χ2v) is 7.03. The first-order valence-electron chi connectivity index (χ1n) is 6.51. The van der Waals surface area contributed by atoms with Gasteiger partial charge in [0.2, 0.25) is 10.0 Å². The van der Waals surface area contributed by atoms with E-state index in [1.54, 1.807) is 0 Å². The maximum Gasteiger partial charge on any atom is 0.471 e. The second-order valence-electron chi connectivity index (χ2n) is 4.94. The molecule has 1 N–H and O–H groups in total. The van der Waals surface area contributed by atoms with Crippen LogP contribution in [0.3, 0.4) is 0 Å². The van der Waals surface area contributed by atoms with Gasteiger partial charge in [-0.05, 0) is 25.1 Å². The van der Waals surface area contributed by atoms with E-state index in [4.69, 9.17) is 11.6 Å². The molecule has 1 aromatic carbocycles. The largest absolute Gasteiger partial charge is 0.471 e. The zero-order valence-electron chi connectivity index (χ0n) is 12.5. The highest BCUT2D eigenvalue weighted by molar-refractivity contribution is 7.89. The van der Waals surface area contributed by atoms with Crippen molar-refractivity contribution in [1.29, 1.82) is 0 Å². The Morgan fingerprint density at radius 2 is 1.77 bits per heavy atom. The third-order valence-electron chi connectivity index (χ3n) is 2.95. The van der Waals surface area contributed by atoms with Crippen molar-refractivity contribution in [3.05, 3.63) is 40.5 Å². The predicted octanol–water partition coefficient (Wildman–Crippen LogP) is 3.80. The van der Waals surface area contributed by atoms with Gasteiger partial charge >= 0.3 is 18.2 Å². The molecule has 144 valence electrons. The van der Waals surface area contributed by atoms with Crippen molar-refractivity contribution in [2.75, 3.05) is 0 Å². The Morgan fingerprint density at radius 1 is 1.15 bits per heavy atom. The third kappa shape index (κ3) is 4.45. The number of nitrogens with zero attached hydrogens (tertiary/aromatic N) is 2. The molecule has 0 aliphatic heterocycles. The topological polar surface area (TPSA) is 85.1 Å². The number of rotatable bonds is 4. The highest BCUT2D eigenvalue weighted by Crippen LogP contribution is 2.34. The molecule has 0 saturated carbocycles. The SMILES string of the molecule is CC(NS(=O)(=O)c1ccc(C(F)(F)F)cc1Cl)c1noc(C(F)(F)F)n1. The lowest BCUT2D eigenvalue weighted by Gasteiger charge is -2.13. The standard InChI is InChI=1S/C12H8ClF6N3O3S/c1-5(9-20-10(25-21-9)12(17,18)19)22-26(23,24)8-3-2-6(4-7(8)13)11(14,15)16/h2-5,22H,1H3. The fourth-order valence-electron chi connectivity index (χ4n) is 1.77. The van der Waals surface area contributed by atoms with E-state index in [0.717, 1.165) is 6.92 Å². The maximum absolute atomic E-state index is 12.6. The fourth-order valence-corrected chi connectivity index (χ4v) is 3.52. The van der Waals surface area contributed by atoms with E-state index in [2.05, 4.69) is 14.7 Å². The first kappa shape index (κ1) is 20.5. The first-order valence-corrected chi connectivity index (χ1v) is 8.38. The minimum Gasteiger partial charge on any atom is -0.329 e. The van der Waals surface area contributed by atoms with Crippen molar-refractivity contribution in [2.45, 2.75) is 30.2 Å². The smallest absolute Gasteiger partial charge is 0.329 e. The van der Waals surface area contributed by atoms with Crippen LogP contribution in [0.4, 0.5) is 26.3 Å². The van der Waals surface area contributed by atoms with Crippen LogP contribution >= 0.6 is 11.6 Å². The quantitative estimate of drug-likeness (QED) is 0.756. The zero-order chi connectivity index (χ0) is 19.9. The van der Waals surface area contributed by atoms with Gasteiger partial charge in [-0.2, -0.15) is 31.3 Å². The third-order valence-corrected chi connectivity index (χ3v) is 4.98. The fraction of sp³-hybridized carbons (Fsp3) is 0.333. The Bertz CT molecular complexity index is 910. The molecule has 0 fully saturated rings. The summed E-state index contributed by atoms with van der Waals surface area (Å²) in [6.07, 6.45) is -9.65. The molecule has 2 aromatic rings. The first-order chi connectivity index (χ1) is 11.7. The average Bonchev–Trinajstić information content (AvgIpc) is 2.95. The number of aromatic nitrogens is 2. The molecule has 0 amide bonds. The summed E-state index contributed by atoms with van der Waals surface area (Å²) >= 11 is 5.60. The molecular formula is C12H8ClF6N3O3S. The molecule has 0 aliphatic carbocycles. The van der Waals surface area contributed by atoms with Crippen LogP contribution in [0.25, 0.3) is 0 Å². The van der Waals surface area contributed by atoms with Crippen molar-refractivity contribution in [3.8, 4) is 0 Å². The molecule has 0 bridgehead atoms. The Morgan fingerprint density at radius 3 is 2.23 bits per heavy atom. The van der Waals surface area contributed by atoms with Gasteiger partial charge in [-0.25, -0.2) is 13.1 Å². The minimum absolute atomic E-state index is 0.414. The number of benzene rings is 1. The van der Waals surface area contributed by atoms with Gasteiger partial charge in [-0.1, -0.05) is 16.8 Å². The van der Waals surface area contributed by atoms with Gasteiger partial charge in [0.25, 0.3) is 0 Å². The van der Waals surface area contributed by atoms with Crippen LogP contribution in [0.2, 0.25) is 5.02 Å². The predicted molar refractivity (Wildman–Crippen MR) is 74.5 cm³/mol. The van der Waals surface area contributed by atoms with Gasteiger partial charge in [0.1, 0.15) is 4.90 Å². The lowest BCUT2D eigenvalue weighted by atomic mass is 10.2. The van der Waals surface area contributed by atoms with Crippen LogP contribution in [0.15, 0.2) is 27.6 Å². The Labute approximate surface area is 147 Å². The maximum atomic E-state index is 12.6. The van der Waals surface area contributed by atoms with Crippen molar-refractivity contribution in [1.82, 2.24) is 14.9 Å². The monoisotopic (exact) mass is 423 g/mol. The number of sulfonamides is 1. The van der Waals surface area contributed by atoms with E-state index in [1.165, 1.54) is 0 Å². The molecule has 0 aliphatic rings. The highest BCUT2D eigenvalue weighted by Gasteiger charge is 2.39. The van der Waals surface area contributed by atoms with Gasteiger partial charge in [0.05, 0.1) is 16.6 Å². The molecule has 1 unspecified atom stereocenters. The zero-order valence-corrected chi connectivity index (χ0v) is 14.1. The van der Waals surface area contributed by atoms with E-state index < -0.39 is 55.6 Å². The van der Waals surface area contributed by atoms with Gasteiger partial charge < -0.3 is 4.52 Å². The van der Waals surface area contributed by atoms with Crippen LogP contribution in [-0.4, -0.2) is 18.6 Å². The number of hydrogen-bond acceptors (Lipinski definition) is 5. The summed E-state index contributed by atoms with van der Waals surface area (Å²) in [5.41, 5.74) is -1.16. The Kier molecular flexibility index (Phi) is 5.27. The summed E-state index contributed by atoms with van der Waals surface area (Å²) in [5.74, 6) is -2.30. The molecule has 0 saturated heterocycles. The van der Waals surface area contributed by atoms with Crippen molar-refractivity contribution < 1.29 is 39.3 Å². The molecule has 1 atom stereocenters. The molecule has 0 spiro atoms. The molecular weight excluding hydrogens is 416 g/mol. The Hall–Kier alpha value is -1.86. The van der Waals surface area contributed by atoms with Crippen molar-refractivity contribution in [2.24, 2.45) is 0 Å². The summed E-state index contributed by atoms with van der Waals surface area (Å²) < 4.78 is 105. The minimum atomic E-state index is -4.92. The van der Waals surface area contributed by atoms with Crippen molar-refractivity contribution >= 4 is 21.6 Å². The number of nitrogens with one attached hydrogen (secondary N) is 1. The molecule has 2 rings (SSSR count). The van der Waals surface area contributed by atoms with E-state index >= 15 is 0 Å². The van der Waals surface area contributed by atoms with Gasteiger partial charge in [-0.15, -0.1) is 0 Å². The lowest BCUT2D eigenvalue weighted by Crippen LogP contribution is -2.28. The Balaban J connectivity index is 2.27. The van der Waals surface area contributed by atoms with E-state index in [0.29, 0.717) is 18.2 Å². The van der Waals surface area contributed by atoms with Crippen LogP contribution in [0.5, 0.6) is 0 Å². The van der Waals surface area contributed by atoms with Crippen LogP contribution in [0.1, 0.15) is 30.2 Å². The molecule has 0 radical (unpaired) electrons. The summed E-state index contributed by atoms with van der Waals surface area (Å²) in [6, 6.07) is 0.161. The van der Waals surface area contributed by atoms with E-state index in [-0.39, 0.29) is 0 Å². The number of halogens is 7. The lowest BCUT2D eigenvalue weighted by molar-refractivity contribution is -0.159. The van der Waals surface area contributed by atoms with E-state index in [9.17, 15) is 34.8 Å². The summed E-state index contributed by atoms with van der Waals surface area (Å²) in [5, 5.41) is 2.30. The van der Waals surface area contributed by atoms with Gasteiger partial charge in [0.15, 0.2) is 5.82 Å². The molecule has 14 heteroatoms. The molecule has 26 heavy (non-hydrogen) atoms. The molecule has 1 heterocycles. The van der Waals surface area contributed by atoms with Crippen LogP contribution < -0.4 is 4.72 Å². The summed E-state index contributed by atoms with van der Waals surface area (Å²) in [7, 11) is -4.48. The number of alkyl halides is 6. The van der Waals surface area contributed by atoms with Gasteiger partial charge in [-0.3, -0.25) is 0 Å².